The van der Waals surface area contributed by atoms with Gasteiger partial charge in [0.05, 0.1) is 19.8 Å². The summed E-state index contributed by atoms with van der Waals surface area (Å²) in [6, 6.07) is 5.15. The van der Waals surface area contributed by atoms with Gasteiger partial charge in [-0.15, -0.1) is 0 Å². The molecule has 0 N–H and O–H groups in total. The summed E-state index contributed by atoms with van der Waals surface area (Å²) >= 11 is 3.33. The number of methoxy groups -OCH3 is 2. The van der Waals surface area contributed by atoms with Gasteiger partial charge in [-0.05, 0) is 18.2 Å². The summed E-state index contributed by atoms with van der Waals surface area (Å²) in [5.74, 6) is 0.360. The molecule has 0 aliphatic heterocycles. The molecule has 6 heteroatoms. The highest BCUT2D eigenvalue weighted by Crippen LogP contribution is 2.27. The molecule has 2 aromatic rings. The van der Waals surface area contributed by atoms with E-state index in [4.69, 9.17) is 9.47 Å². The Balaban J connectivity index is 2.50. The van der Waals surface area contributed by atoms with Crippen LogP contribution >= 0.6 is 15.9 Å². The Morgan fingerprint density at radius 1 is 1.16 bits per heavy atom. The van der Waals surface area contributed by atoms with Crippen molar-refractivity contribution >= 4 is 21.7 Å². The Bertz CT molecular complexity index is 617. The van der Waals surface area contributed by atoms with Crippen molar-refractivity contribution in [2.45, 2.75) is 0 Å². The Labute approximate surface area is 118 Å². The number of ether oxygens (including phenoxy) is 2. The normalized spacial score (nSPS) is 10.1. The highest BCUT2D eigenvalue weighted by atomic mass is 79.9. The molecule has 2 rings (SSSR count). The number of nitrogens with zero attached hydrogens (tertiary/aromatic N) is 2. The highest BCUT2D eigenvalue weighted by Gasteiger charge is 2.20. The van der Waals surface area contributed by atoms with Gasteiger partial charge in [-0.2, -0.15) is 0 Å². The molecule has 1 aromatic heterocycles. The SMILES string of the molecule is COc1cc(Br)ccc1C(=O)c1nccnc1OC. The minimum Gasteiger partial charge on any atom is -0.496 e. The molecular weight excluding hydrogens is 312 g/mol. The second-order valence-corrected chi connectivity index (χ2v) is 4.50. The number of carbonyl (C=O) groups excluding carboxylic acids is 1. The molecule has 5 nitrogen and oxygen atoms in total. The van der Waals surface area contributed by atoms with Crippen molar-refractivity contribution in [1.82, 2.24) is 9.97 Å². The number of ketones is 1. The zero-order chi connectivity index (χ0) is 13.8. The van der Waals surface area contributed by atoms with Gasteiger partial charge in [-0.25, -0.2) is 9.97 Å². The molecule has 0 bridgehead atoms. The number of halogens is 1. The van der Waals surface area contributed by atoms with Gasteiger partial charge in [0.15, 0.2) is 5.69 Å². The van der Waals surface area contributed by atoms with E-state index in [2.05, 4.69) is 25.9 Å². The van der Waals surface area contributed by atoms with Gasteiger partial charge in [-0.1, -0.05) is 15.9 Å². The molecule has 0 aliphatic rings. The summed E-state index contributed by atoms with van der Waals surface area (Å²) < 4.78 is 11.1. The van der Waals surface area contributed by atoms with Gasteiger partial charge < -0.3 is 9.47 Å². The third-order valence-electron chi connectivity index (χ3n) is 2.48. The summed E-state index contributed by atoms with van der Waals surface area (Å²) in [5, 5.41) is 0. The lowest BCUT2D eigenvalue weighted by Crippen LogP contribution is -2.09. The third kappa shape index (κ3) is 2.73. The number of rotatable bonds is 4. The van der Waals surface area contributed by atoms with Gasteiger partial charge in [0.25, 0.3) is 0 Å². The fourth-order valence-electron chi connectivity index (χ4n) is 1.61. The Morgan fingerprint density at radius 2 is 1.89 bits per heavy atom. The lowest BCUT2D eigenvalue weighted by molar-refractivity contribution is 0.102. The minimum absolute atomic E-state index is 0.158. The van der Waals surface area contributed by atoms with E-state index in [1.54, 1.807) is 18.2 Å². The van der Waals surface area contributed by atoms with Crippen LogP contribution in [0.2, 0.25) is 0 Å². The monoisotopic (exact) mass is 322 g/mol. The van der Waals surface area contributed by atoms with E-state index in [1.165, 1.54) is 26.6 Å². The van der Waals surface area contributed by atoms with Gasteiger partial charge in [0, 0.05) is 16.9 Å². The van der Waals surface area contributed by atoms with Crippen LogP contribution < -0.4 is 9.47 Å². The summed E-state index contributed by atoms with van der Waals surface area (Å²) in [4.78, 5) is 20.4. The first-order valence-electron chi connectivity index (χ1n) is 5.40. The predicted octanol–water partition coefficient (Wildman–Crippen LogP) is 2.49. The van der Waals surface area contributed by atoms with Crippen molar-refractivity contribution in [3.05, 3.63) is 46.3 Å². The first-order chi connectivity index (χ1) is 9.17. The van der Waals surface area contributed by atoms with E-state index in [0.717, 1.165) is 4.47 Å². The fraction of sp³-hybridized carbons (Fsp3) is 0.154. The second kappa shape index (κ2) is 5.79. The summed E-state index contributed by atoms with van der Waals surface area (Å²) in [7, 11) is 2.95. The van der Waals surface area contributed by atoms with E-state index >= 15 is 0 Å². The van der Waals surface area contributed by atoms with E-state index in [-0.39, 0.29) is 17.4 Å². The highest BCUT2D eigenvalue weighted by molar-refractivity contribution is 9.10. The Kier molecular flexibility index (Phi) is 4.11. The molecule has 0 saturated heterocycles. The van der Waals surface area contributed by atoms with Crippen molar-refractivity contribution in [2.24, 2.45) is 0 Å². The number of aromatic nitrogens is 2. The van der Waals surface area contributed by atoms with Gasteiger partial charge in [-0.3, -0.25) is 4.79 Å². The first-order valence-corrected chi connectivity index (χ1v) is 6.20. The van der Waals surface area contributed by atoms with Crippen LogP contribution in [0.25, 0.3) is 0 Å². The molecule has 0 amide bonds. The third-order valence-corrected chi connectivity index (χ3v) is 2.97. The molecule has 1 heterocycles. The van der Waals surface area contributed by atoms with Crippen LogP contribution in [0.1, 0.15) is 16.1 Å². The van der Waals surface area contributed by atoms with Crippen LogP contribution in [0, 0.1) is 0 Å². The molecule has 0 fully saturated rings. The fourth-order valence-corrected chi connectivity index (χ4v) is 1.95. The van der Waals surface area contributed by atoms with Crippen LogP contribution in [-0.2, 0) is 0 Å². The molecule has 19 heavy (non-hydrogen) atoms. The zero-order valence-electron chi connectivity index (χ0n) is 10.4. The number of hydrogen-bond acceptors (Lipinski definition) is 5. The largest absolute Gasteiger partial charge is 0.496 e. The molecule has 0 saturated carbocycles. The summed E-state index contributed by atoms with van der Waals surface area (Å²) in [6.07, 6.45) is 2.91. The molecule has 0 aliphatic carbocycles. The summed E-state index contributed by atoms with van der Waals surface area (Å²) in [6.45, 7) is 0. The predicted molar refractivity (Wildman–Crippen MR) is 72.7 cm³/mol. The molecule has 0 spiro atoms. The molecule has 98 valence electrons. The van der Waals surface area contributed by atoms with Crippen LogP contribution in [0.4, 0.5) is 0 Å². The molecular formula is C13H11BrN2O3. The van der Waals surface area contributed by atoms with Crippen molar-refractivity contribution in [3.63, 3.8) is 0 Å². The second-order valence-electron chi connectivity index (χ2n) is 3.59. The maximum absolute atomic E-state index is 12.4. The van der Waals surface area contributed by atoms with E-state index in [1.807, 2.05) is 0 Å². The van der Waals surface area contributed by atoms with Crippen molar-refractivity contribution in [3.8, 4) is 11.6 Å². The van der Waals surface area contributed by atoms with Crippen LogP contribution in [0.5, 0.6) is 11.6 Å². The van der Waals surface area contributed by atoms with Gasteiger partial charge >= 0.3 is 0 Å². The first kappa shape index (κ1) is 13.5. The van der Waals surface area contributed by atoms with E-state index in [0.29, 0.717) is 11.3 Å². The number of benzene rings is 1. The van der Waals surface area contributed by atoms with E-state index in [9.17, 15) is 4.79 Å². The van der Waals surface area contributed by atoms with Gasteiger partial charge in [0.2, 0.25) is 11.7 Å². The topological polar surface area (TPSA) is 61.3 Å². The minimum atomic E-state index is -0.297. The molecule has 1 aromatic carbocycles. The Hall–Kier alpha value is -1.95. The molecule has 0 unspecified atom stereocenters. The van der Waals surface area contributed by atoms with Crippen LogP contribution in [0.3, 0.4) is 0 Å². The standard InChI is InChI=1S/C13H11BrN2O3/c1-18-10-7-8(14)3-4-9(10)12(17)11-13(19-2)16-6-5-15-11/h3-7H,1-2H3. The smallest absolute Gasteiger partial charge is 0.243 e. The van der Waals surface area contributed by atoms with Gasteiger partial charge in [0.1, 0.15) is 5.75 Å². The van der Waals surface area contributed by atoms with E-state index < -0.39 is 0 Å². The quantitative estimate of drug-likeness (QED) is 0.809. The van der Waals surface area contributed by atoms with Crippen molar-refractivity contribution < 1.29 is 14.3 Å². The maximum Gasteiger partial charge on any atom is 0.243 e. The molecule has 0 radical (unpaired) electrons. The van der Waals surface area contributed by atoms with Crippen LogP contribution in [0.15, 0.2) is 35.1 Å². The number of hydrogen-bond donors (Lipinski definition) is 0. The lowest BCUT2D eigenvalue weighted by atomic mass is 10.1. The molecule has 0 atom stereocenters. The van der Waals surface area contributed by atoms with Crippen LogP contribution in [-0.4, -0.2) is 30.0 Å². The van der Waals surface area contributed by atoms with Crippen molar-refractivity contribution in [2.75, 3.05) is 14.2 Å². The van der Waals surface area contributed by atoms with Crippen molar-refractivity contribution in [1.29, 1.82) is 0 Å². The average Bonchev–Trinajstić information content (AvgIpc) is 2.46. The lowest BCUT2D eigenvalue weighted by Gasteiger charge is -2.09. The number of carbonyl (C=O) groups is 1. The zero-order valence-corrected chi connectivity index (χ0v) is 12.0. The summed E-state index contributed by atoms with van der Waals surface area (Å²) in [5.41, 5.74) is 0.565. The maximum atomic E-state index is 12.4. The Morgan fingerprint density at radius 3 is 2.58 bits per heavy atom. The average molecular weight is 323 g/mol.